The van der Waals surface area contributed by atoms with Gasteiger partial charge in [-0.05, 0) is 6.07 Å². The zero-order valence-electron chi connectivity index (χ0n) is 8.14. The summed E-state index contributed by atoms with van der Waals surface area (Å²) in [5.74, 6) is -2.37. The van der Waals surface area contributed by atoms with E-state index in [-0.39, 0.29) is 17.3 Å². The fourth-order valence-electron chi connectivity index (χ4n) is 1.02. The molecule has 88 valence electrons. The third-order valence-electron chi connectivity index (χ3n) is 1.87. The number of hydrogen-bond acceptors (Lipinski definition) is 3. The normalized spacial score (nSPS) is 12.2. The number of nitrogens with one attached hydrogen (secondary N) is 1. The molecule has 1 amide bonds. The van der Waals surface area contributed by atoms with E-state index < -0.39 is 23.6 Å². The molecule has 0 spiro atoms. The first-order valence-corrected chi connectivity index (χ1v) is 4.73. The van der Waals surface area contributed by atoms with Crippen molar-refractivity contribution < 1.29 is 13.6 Å². The van der Waals surface area contributed by atoms with Gasteiger partial charge in [-0.2, -0.15) is 0 Å². The minimum atomic E-state index is -0.972. The topological polar surface area (TPSA) is 81.1 Å². The molecule has 5 N–H and O–H groups in total. The van der Waals surface area contributed by atoms with E-state index >= 15 is 0 Å². The molecule has 0 heterocycles. The number of hydrogen-bond donors (Lipinski definition) is 3. The van der Waals surface area contributed by atoms with Crippen LogP contribution in [0.1, 0.15) is 0 Å². The zero-order valence-corrected chi connectivity index (χ0v) is 8.89. The van der Waals surface area contributed by atoms with E-state index in [1.165, 1.54) is 0 Å². The Kier molecular flexibility index (Phi) is 4.03. The molecule has 4 nitrogen and oxygen atoms in total. The first-order valence-electron chi connectivity index (χ1n) is 4.35. The van der Waals surface area contributed by atoms with E-state index in [0.29, 0.717) is 6.07 Å². The molecule has 16 heavy (non-hydrogen) atoms. The number of carbonyl (C=O) groups excluding carboxylic acids is 1. The number of amides is 1. The standard InChI is InChI=1S/C9H10ClF2N3O/c10-5-1-4(11)2-6(12)8(5)15-3-7(13)9(14)16/h1-2,7,15H,3,13H2,(H2,14,16). The molecule has 1 aromatic carbocycles. The van der Waals surface area contributed by atoms with Crippen molar-refractivity contribution in [2.75, 3.05) is 11.9 Å². The number of carbonyl (C=O) groups is 1. The van der Waals surface area contributed by atoms with Gasteiger partial charge in [-0.1, -0.05) is 11.6 Å². The monoisotopic (exact) mass is 249 g/mol. The lowest BCUT2D eigenvalue weighted by Gasteiger charge is -2.12. The quantitative estimate of drug-likeness (QED) is 0.740. The van der Waals surface area contributed by atoms with Crippen molar-refractivity contribution in [3.63, 3.8) is 0 Å². The fraction of sp³-hybridized carbons (Fsp3) is 0.222. The molecule has 0 fully saturated rings. The highest BCUT2D eigenvalue weighted by atomic mass is 35.5. The number of halogens is 3. The minimum absolute atomic E-state index is 0.0857. The Morgan fingerprint density at radius 3 is 2.62 bits per heavy atom. The van der Waals surface area contributed by atoms with Crippen LogP contribution in [0.2, 0.25) is 5.02 Å². The van der Waals surface area contributed by atoms with Crippen molar-refractivity contribution in [2.45, 2.75) is 6.04 Å². The van der Waals surface area contributed by atoms with Gasteiger partial charge in [0.2, 0.25) is 5.91 Å². The lowest BCUT2D eigenvalue weighted by Crippen LogP contribution is -2.41. The molecule has 0 bridgehead atoms. The predicted molar refractivity (Wildman–Crippen MR) is 57.0 cm³/mol. The summed E-state index contributed by atoms with van der Waals surface area (Å²) in [7, 11) is 0. The van der Waals surface area contributed by atoms with Crippen molar-refractivity contribution in [1.29, 1.82) is 0 Å². The Bertz CT molecular complexity index is 391. The van der Waals surface area contributed by atoms with Gasteiger partial charge < -0.3 is 16.8 Å². The van der Waals surface area contributed by atoms with Crippen molar-refractivity contribution in [1.82, 2.24) is 0 Å². The first-order chi connectivity index (χ1) is 7.41. The van der Waals surface area contributed by atoms with E-state index in [9.17, 15) is 13.6 Å². The van der Waals surface area contributed by atoms with Crippen LogP contribution in [-0.4, -0.2) is 18.5 Å². The van der Waals surface area contributed by atoms with E-state index in [0.717, 1.165) is 6.07 Å². The molecule has 0 aliphatic heterocycles. The van der Waals surface area contributed by atoms with Crippen molar-refractivity contribution in [2.24, 2.45) is 11.5 Å². The van der Waals surface area contributed by atoms with Crippen molar-refractivity contribution in [3.8, 4) is 0 Å². The highest BCUT2D eigenvalue weighted by Crippen LogP contribution is 2.26. The summed E-state index contributed by atoms with van der Waals surface area (Å²) in [5, 5.41) is 2.36. The molecule has 0 aromatic heterocycles. The van der Waals surface area contributed by atoms with Gasteiger partial charge in [-0.25, -0.2) is 8.78 Å². The Labute approximate surface area is 95.6 Å². The molecular weight excluding hydrogens is 240 g/mol. The van der Waals surface area contributed by atoms with Crippen LogP contribution in [-0.2, 0) is 4.79 Å². The van der Waals surface area contributed by atoms with Crippen molar-refractivity contribution >= 4 is 23.2 Å². The van der Waals surface area contributed by atoms with Crippen LogP contribution < -0.4 is 16.8 Å². The van der Waals surface area contributed by atoms with Gasteiger partial charge >= 0.3 is 0 Å². The molecule has 1 atom stereocenters. The number of primary amides is 1. The van der Waals surface area contributed by atoms with Crippen LogP contribution in [0.5, 0.6) is 0 Å². The highest BCUT2D eigenvalue weighted by Gasteiger charge is 2.13. The Hall–Kier alpha value is -1.40. The smallest absolute Gasteiger partial charge is 0.236 e. The predicted octanol–water partition coefficient (Wildman–Crippen LogP) is 0.843. The molecule has 0 aliphatic rings. The summed E-state index contributed by atoms with van der Waals surface area (Å²) in [6, 6.07) is 0.646. The summed E-state index contributed by atoms with van der Waals surface area (Å²) < 4.78 is 25.9. The van der Waals surface area contributed by atoms with Crippen LogP contribution in [0.4, 0.5) is 14.5 Å². The van der Waals surface area contributed by atoms with Crippen LogP contribution in [0.25, 0.3) is 0 Å². The van der Waals surface area contributed by atoms with E-state index in [2.05, 4.69) is 5.32 Å². The lowest BCUT2D eigenvalue weighted by molar-refractivity contribution is -0.118. The zero-order chi connectivity index (χ0) is 12.3. The average Bonchev–Trinajstić information content (AvgIpc) is 2.15. The lowest BCUT2D eigenvalue weighted by atomic mass is 10.2. The van der Waals surface area contributed by atoms with Gasteiger partial charge in [-0.3, -0.25) is 4.79 Å². The molecule has 0 aliphatic carbocycles. The molecule has 1 aromatic rings. The Morgan fingerprint density at radius 2 is 2.12 bits per heavy atom. The van der Waals surface area contributed by atoms with Crippen LogP contribution in [0, 0.1) is 11.6 Å². The largest absolute Gasteiger partial charge is 0.379 e. The summed E-state index contributed by atoms with van der Waals surface area (Å²) in [6.45, 7) is -0.0857. The summed E-state index contributed by atoms with van der Waals surface area (Å²) in [5.41, 5.74) is 10.1. The highest BCUT2D eigenvalue weighted by molar-refractivity contribution is 6.33. The first kappa shape index (κ1) is 12.7. The maximum absolute atomic E-state index is 13.2. The molecule has 1 rings (SSSR count). The van der Waals surface area contributed by atoms with Gasteiger partial charge in [-0.15, -0.1) is 0 Å². The maximum atomic E-state index is 13.2. The van der Waals surface area contributed by atoms with E-state index in [4.69, 9.17) is 23.1 Å². The number of nitrogens with two attached hydrogens (primary N) is 2. The number of rotatable bonds is 4. The van der Waals surface area contributed by atoms with Crippen LogP contribution in [0.3, 0.4) is 0 Å². The second-order valence-corrected chi connectivity index (χ2v) is 3.54. The summed E-state index contributed by atoms with van der Waals surface area (Å²) >= 11 is 5.60. The van der Waals surface area contributed by atoms with Crippen LogP contribution in [0.15, 0.2) is 12.1 Å². The van der Waals surface area contributed by atoms with Gasteiger partial charge in [0, 0.05) is 12.6 Å². The molecule has 0 saturated heterocycles. The van der Waals surface area contributed by atoms with Crippen molar-refractivity contribution in [3.05, 3.63) is 28.8 Å². The number of anilines is 1. The van der Waals surface area contributed by atoms with Gasteiger partial charge in [0.25, 0.3) is 0 Å². The second kappa shape index (κ2) is 5.09. The Morgan fingerprint density at radius 1 is 1.50 bits per heavy atom. The molecule has 0 radical (unpaired) electrons. The average molecular weight is 250 g/mol. The molecular formula is C9H10ClF2N3O. The molecule has 0 saturated carbocycles. The van der Waals surface area contributed by atoms with E-state index in [1.54, 1.807) is 0 Å². The SMILES string of the molecule is NC(=O)C(N)CNc1c(F)cc(F)cc1Cl. The molecule has 1 unspecified atom stereocenters. The second-order valence-electron chi connectivity index (χ2n) is 3.13. The van der Waals surface area contributed by atoms with Gasteiger partial charge in [0.05, 0.1) is 10.7 Å². The third kappa shape index (κ3) is 3.04. The summed E-state index contributed by atoms with van der Waals surface area (Å²) in [6.07, 6.45) is 0. The summed E-state index contributed by atoms with van der Waals surface area (Å²) in [4.78, 5) is 10.6. The van der Waals surface area contributed by atoms with Gasteiger partial charge in [0.1, 0.15) is 11.9 Å². The number of benzene rings is 1. The molecule has 7 heteroatoms. The Balaban J connectivity index is 2.78. The third-order valence-corrected chi connectivity index (χ3v) is 2.17. The van der Waals surface area contributed by atoms with E-state index in [1.807, 2.05) is 0 Å². The van der Waals surface area contributed by atoms with Crippen LogP contribution >= 0.6 is 11.6 Å². The maximum Gasteiger partial charge on any atom is 0.236 e. The fourth-order valence-corrected chi connectivity index (χ4v) is 1.29. The van der Waals surface area contributed by atoms with Gasteiger partial charge in [0.15, 0.2) is 5.82 Å². The minimum Gasteiger partial charge on any atom is -0.379 e.